The lowest BCUT2D eigenvalue weighted by atomic mass is 10.2. The molecule has 5 nitrogen and oxygen atoms in total. The number of pyridine rings is 1. The summed E-state index contributed by atoms with van der Waals surface area (Å²) in [6, 6.07) is 3.80. The Morgan fingerprint density at radius 2 is 2.00 bits per heavy atom. The van der Waals surface area contributed by atoms with Gasteiger partial charge in [0.15, 0.2) is 0 Å². The summed E-state index contributed by atoms with van der Waals surface area (Å²) in [7, 11) is 0. The standard InChI is InChI=1S/C13H17N3O2.C2H6/c1-10-3-4-12(7-14-10)16-6-5-15(8-11(2)17)9-13(16)18;1-2/h3-4,7H,5-6,8-9H2,1-2H3;1-2H3. The lowest BCUT2D eigenvalue weighted by Gasteiger charge is -2.33. The molecule has 1 saturated heterocycles. The van der Waals surface area contributed by atoms with E-state index in [0.717, 1.165) is 17.9 Å². The van der Waals surface area contributed by atoms with E-state index in [1.54, 1.807) is 18.0 Å². The van der Waals surface area contributed by atoms with Crippen LogP contribution in [0.4, 0.5) is 5.69 Å². The van der Waals surface area contributed by atoms with E-state index in [1.807, 2.05) is 37.8 Å². The van der Waals surface area contributed by atoms with Gasteiger partial charge in [0, 0.05) is 18.8 Å². The van der Waals surface area contributed by atoms with Crippen LogP contribution in [0.3, 0.4) is 0 Å². The van der Waals surface area contributed by atoms with E-state index in [2.05, 4.69) is 4.98 Å². The number of carbonyl (C=O) groups is 2. The SMILES string of the molecule is CC.CC(=O)CN1CCN(c2ccc(C)nc2)C(=O)C1. The molecule has 1 aliphatic rings. The van der Waals surface area contributed by atoms with Crippen LogP contribution in [0.1, 0.15) is 26.5 Å². The second kappa shape index (κ2) is 7.75. The number of hydrogen-bond donors (Lipinski definition) is 0. The third kappa shape index (κ3) is 4.42. The fourth-order valence-corrected chi connectivity index (χ4v) is 2.06. The molecule has 0 spiro atoms. The predicted molar refractivity (Wildman–Crippen MR) is 79.8 cm³/mol. The van der Waals surface area contributed by atoms with Gasteiger partial charge in [-0.15, -0.1) is 0 Å². The van der Waals surface area contributed by atoms with E-state index >= 15 is 0 Å². The van der Waals surface area contributed by atoms with Gasteiger partial charge in [-0.25, -0.2) is 0 Å². The molecule has 0 aromatic carbocycles. The summed E-state index contributed by atoms with van der Waals surface area (Å²) < 4.78 is 0. The van der Waals surface area contributed by atoms with Gasteiger partial charge in [0.25, 0.3) is 0 Å². The first-order chi connectivity index (χ1) is 9.56. The van der Waals surface area contributed by atoms with E-state index in [0.29, 0.717) is 19.6 Å². The zero-order valence-electron chi connectivity index (χ0n) is 12.7. The first-order valence-corrected chi connectivity index (χ1v) is 7.01. The Labute approximate surface area is 120 Å². The van der Waals surface area contributed by atoms with Crippen LogP contribution in [0, 0.1) is 6.92 Å². The molecule has 0 radical (unpaired) electrons. The van der Waals surface area contributed by atoms with Crippen LogP contribution in [0.15, 0.2) is 18.3 Å². The van der Waals surface area contributed by atoms with Crippen LogP contribution in [0.25, 0.3) is 0 Å². The molecular weight excluding hydrogens is 254 g/mol. The number of aromatic nitrogens is 1. The van der Waals surface area contributed by atoms with Gasteiger partial charge >= 0.3 is 0 Å². The Hall–Kier alpha value is -1.75. The highest BCUT2D eigenvalue weighted by Gasteiger charge is 2.25. The molecule has 0 aliphatic carbocycles. The summed E-state index contributed by atoms with van der Waals surface area (Å²) >= 11 is 0. The maximum Gasteiger partial charge on any atom is 0.241 e. The number of piperazine rings is 1. The van der Waals surface area contributed by atoms with E-state index in [1.165, 1.54) is 0 Å². The Kier molecular flexibility index (Phi) is 6.31. The quantitative estimate of drug-likeness (QED) is 0.843. The van der Waals surface area contributed by atoms with Crippen LogP contribution >= 0.6 is 0 Å². The maximum atomic E-state index is 12.0. The van der Waals surface area contributed by atoms with Crippen molar-refractivity contribution in [1.29, 1.82) is 0 Å². The van der Waals surface area contributed by atoms with E-state index in [4.69, 9.17) is 0 Å². The van der Waals surface area contributed by atoms with Crippen LogP contribution in [-0.2, 0) is 9.59 Å². The van der Waals surface area contributed by atoms with Crippen LogP contribution < -0.4 is 4.90 Å². The average Bonchev–Trinajstić information content (AvgIpc) is 2.42. The van der Waals surface area contributed by atoms with Crippen molar-refractivity contribution in [3.8, 4) is 0 Å². The highest BCUT2D eigenvalue weighted by molar-refractivity contribution is 5.95. The Morgan fingerprint density at radius 1 is 1.30 bits per heavy atom. The largest absolute Gasteiger partial charge is 0.308 e. The van der Waals surface area contributed by atoms with Crippen LogP contribution in [0.2, 0.25) is 0 Å². The van der Waals surface area contributed by atoms with Crippen molar-refractivity contribution >= 4 is 17.4 Å². The van der Waals surface area contributed by atoms with Crippen molar-refractivity contribution < 1.29 is 9.59 Å². The molecule has 5 heteroatoms. The van der Waals surface area contributed by atoms with E-state index < -0.39 is 0 Å². The number of carbonyl (C=O) groups excluding carboxylic acids is 2. The lowest BCUT2D eigenvalue weighted by molar-refractivity contribution is -0.123. The number of aryl methyl sites for hydroxylation is 1. The molecule has 0 saturated carbocycles. The monoisotopic (exact) mass is 277 g/mol. The molecule has 110 valence electrons. The minimum Gasteiger partial charge on any atom is -0.308 e. The minimum absolute atomic E-state index is 0.0214. The molecule has 2 rings (SSSR count). The van der Waals surface area contributed by atoms with Crippen molar-refractivity contribution in [2.45, 2.75) is 27.7 Å². The van der Waals surface area contributed by atoms with Crippen molar-refractivity contribution in [3.05, 3.63) is 24.0 Å². The van der Waals surface area contributed by atoms with Crippen molar-refractivity contribution in [2.24, 2.45) is 0 Å². The van der Waals surface area contributed by atoms with Crippen LogP contribution in [0.5, 0.6) is 0 Å². The molecule has 1 aliphatic heterocycles. The number of rotatable bonds is 3. The molecule has 0 bridgehead atoms. The number of amides is 1. The summed E-state index contributed by atoms with van der Waals surface area (Å²) in [5.74, 6) is 0.112. The third-order valence-corrected chi connectivity index (χ3v) is 2.95. The molecule has 1 fully saturated rings. The zero-order valence-corrected chi connectivity index (χ0v) is 12.7. The van der Waals surface area contributed by atoms with E-state index in [9.17, 15) is 9.59 Å². The molecule has 20 heavy (non-hydrogen) atoms. The number of hydrogen-bond acceptors (Lipinski definition) is 4. The van der Waals surface area contributed by atoms with Gasteiger partial charge in [0.2, 0.25) is 5.91 Å². The fourth-order valence-electron chi connectivity index (χ4n) is 2.06. The Balaban J connectivity index is 0.000000956. The normalized spacial score (nSPS) is 15.6. The van der Waals surface area contributed by atoms with Crippen molar-refractivity contribution in [3.63, 3.8) is 0 Å². The lowest BCUT2D eigenvalue weighted by Crippen LogP contribution is -2.51. The second-order valence-electron chi connectivity index (χ2n) is 4.62. The van der Waals surface area contributed by atoms with Gasteiger partial charge < -0.3 is 4.90 Å². The third-order valence-electron chi connectivity index (χ3n) is 2.95. The zero-order chi connectivity index (χ0) is 15.1. The van der Waals surface area contributed by atoms with E-state index in [-0.39, 0.29) is 11.7 Å². The van der Waals surface area contributed by atoms with Gasteiger partial charge in [-0.1, -0.05) is 13.8 Å². The summed E-state index contributed by atoms with van der Waals surface area (Å²) in [6.07, 6.45) is 1.72. The summed E-state index contributed by atoms with van der Waals surface area (Å²) in [6.45, 7) is 9.44. The first kappa shape index (κ1) is 16.3. The Bertz CT molecular complexity index is 457. The van der Waals surface area contributed by atoms with Gasteiger partial charge in [0.05, 0.1) is 25.0 Å². The number of Topliss-reactive ketones (excluding diaryl/α,β-unsaturated/α-hetero) is 1. The molecule has 2 heterocycles. The minimum atomic E-state index is 0.0214. The van der Waals surface area contributed by atoms with Crippen LogP contribution in [-0.4, -0.2) is 47.8 Å². The highest BCUT2D eigenvalue weighted by Crippen LogP contribution is 2.16. The van der Waals surface area contributed by atoms with Gasteiger partial charge in [-0.3, -0.25) is 19.5 Å². The molecule has 1 aromatic heterocycles. The molecule has 0 N–H and O–H groups in total. The average molecular weight is 277 g/mol. The van der Waals surface area contributed by atoms with Gasteiger partial charge in [0.1, 0.15) is 5.78 Å². The number of ketones is 1. The molecular formula is C15H23N3O2. The highest BCUT2D eigenvalue weighted by atomic mass is 16.2. The number of anilines is 1. The summed E-state index contributed by atoms with van der Waals surface area (Å²) in [5, 5.41) is 0. The smallest absolute Gasteiger partial charge is 0.241 e. The predicted octanol–water partition coefficient (Wildman–Crippen LogP) is 1.65. The fraction of sp³-hybridized carbons (Fsp3) is 0.533. The number of nitrogens with zero attached hydrogens (tertiary/aromatic N) is 3. The molecule has 0 atom stereocenters. The van der Waals surface area contributed by atoms with Crippen molar-refractivity contribution in [1.82, 2.24) is 9.88 Å². The van der Waals surface area contributed by atoms with Gasteiger partial charge in [-0.2, -0.15) is 0 Å². The summed E-state index contributed by atoms with van der Waals surface area (Å²) in [4.78, 5) is 30.8. The summed E-state index contributed by atoms with van der Waals surface area (Å²) in [5.41, 5.74) is 1.76. The van der Waals surface area contributed by atoms with Gasteiger partial charge in [-0.05, 0) is 26.0 Å². The first-order valence-electron chi connectivity index (χ1n) is 7.01. The molecule has 1 amide bonds. The maximum absolute atomic E-state index is 12.0. The second-order valence-corrected chi connectivity index (χ2v) is 4.62. The van der Waals surface area contributed by atoms with Crippen molar-refractivity contribution in [2.75, 3.05) is 31.1 Å². The topological polar surface area (TPSA) is 53.5 Å². The molecule has 0 unspecified atom stereocenters. The molecule has 1 aromatic rings. The Morgan fingerprint density at radius 3 is 2.50 bits per heavy atom.